The molecule has 266 valence electrons. The first-order valence-electron chi connectivity index (χ1n) is 17.6. The number of methoxy groups -OCH3 is 1. The zero-order valence-corrected chi connectivity index (χ0v) is 29.0. The molecular formula is C36H42N10O5. The van der Waals surface area contributed by atoms with Crippen LogP contribution < -0.4 is 20.1 Å². The molecule has 5 aromatic rings. The van der Waals surface area contributed by atoms with E-state index in [2.05, 4.69) is 44.4 Å². The van der Waals surface area contributed by atoms with E-state index in [4.69, 9.17) is 24.3 Å². The quantitative estimate of drug-likeness (QED) is 0.207. The first kappa shape index (κ1) is 32.9. The van der Waals surface area contributed by atoms with Crippen LogP contribution in [0.15, 0.2) is 49.1 Å². The Labute approximate surface area is 294 Å². The van der Waals surface area contributed by atoms with Crippen molar-refractivity contribution in [2.45, 2.75) is 38.8 Å². The maximum atomic E-state index is 13.8. The van der Waals surface area contributed by atoms with Gasteiger partial charge in [0.15, 0.2) is 11.3 Å². The molecule has 3 aliphatic heterocycles. The summed E-state index contributed by atoms with van der Waals surface area (Å²) in [6.07, 6.45) is 8.45. The van der Waals surface area contributed by atoms with Crippen molar-refractivity contribution in [2.75, 3.05) is 64.8 Å². The molecule has 0 bridgehead atoms. The van der Waals surface area contributed by atoms with E-state index in [1.807, 2.05) is 30.5 Å². The summed E-state index contributed by atoms with van der Waals surface area (Å²) in [6, 6.07) is 7.93. The van der Waals surface area contributed by atoms with Crippen LogP contribution in [-0.4, -0.2) is 123 Å². The molecule has 4 aromatic heterocycles. The SMILES string of the molecule is COc1cc2c(cc1-n1nc(C(=O)NCCN3CCC(C(=O)OC4CN(C(C)C)C4)CC3)c3cnc(-c4cnn5cccnc45)cc31)OCCN2. The molecule has 0 unspecified atom stereocenters. The zero-order chi connectivity index (χ0) is 35.1. The molecule has 3 aliphatic rings. The predicted octanol–water partition coefficient (Wildman–Crippen LogP) is 3.02. The fourth-order valence-electron chi connectivity index (χ4n) is 7.03. The average molecular weight is 695 g/mol. The van der Waals surface area contributed by atoms with Crippen LogP contribution in [0.2, 0.25) is 0 Å². The molecule has 2 fully saturated rings. The molecule has 0 saturated carbocycles. The molecule has 15 nitrogen and oxygen atoms in total. The molecule has 0 aliphatic carbocycles. The lowest BCUT2D eigenvalue weighted by atomic mass is 9.96. The minimum Gasteiger partial charge on any atom is -0.494 e. The second kappa shape index (κ2) is 13.8. The van der Waals surface area contributed by atoms with E-state index in [9.17, 15) is 9.59 Å². The number of piperidine rings is 1. The van der Waals surface area contributed by atoms with E-state index in [1.54, 1.807) is 34.9 Å². The zero-order valence-electron chi connectivity index (χ0n) is 29.0. The molecule has 15 heteroatoms. The monoisotopic (exact) mass is 694 g/mol. The second-order valence-electron chi connectivity index (χ2n) is 13.6. The van der Waals surface area contributed by atoms with Crippen molar-refractivity contribution in [1.82, 2.24) is 44.5 Å². The van der Waals surface area contributed by atoms with E-state index >= 15 is 0 Å². The van der Waals surface area contributed by atoms with Gasteiger partial charge in [-0.15, -0.1) is 0 Å². The number of esters is 1. The summed E-state index contributed by atoms with van der Waals surface area (Å²) >= 11 is 0. The number of benzene rings is 1. The van der Waals surface area contributed by atoms with Gasteiger partial charge < -0.3 is 29.7 Å². The van der Waals surface area contributed by atoms with E-state index in [1.165, 1.54) is 0 Å². The summed E-state index contributed by atoms with van der Waals surface area (Å²) in [6.45, 7) is 9.80. The summed E-state index contributed by atoms with van der Waals surface area (Å²) in [4.78, 5) is 40.3. The Kier molecular flexibility index (Phi) is 8.90. The molecule has 7 heterocycles. The normalized spacial score (nSPS) is 17.2. The second-order valence-corrected chi connectivity index (χ2v) is 13.6. The van der Waals surface area contributed by atoms with Crippen LogP contribution in [-0.2, 0) is 9.53 Å². The third kappa shape index (κ3) is 6.42. The van der Waals surface area contributed by atoms with E-state index in [0.717, 1.165) is 50.3 Å². The van der Waals surface area contributed by atoms with Gasteiger partial charge in [0.25, 0.3) is 5.91 Å². The summed E-state index contributed by atoms with van der Waals surface area (Å²) in [7, 11) is 1.60. The Hall–Kier alpha value is -5.28. The molecule has 51 heavy (non-hydrogen) atoms. The minimum absolute atomic E-state index is 0.0104. The summed E-state index contributed by atoms with van der Waals surface area (Å²) < 4.78 is 20.9. The lowest BCUT2D eigenvalue weighted by Crippen LogP contribution is -2.56. The number of nitrogens with one attached hydrogen (secondary N) is 2. The van der Waals surface area contributed by atoms with Crippen LogP contribution in [0.3, 0.4) is 0 Å². The highest BCUT2D eigenvalue weighted by Crippen LogP contribution is 2.38. The van der Waals surface area contributed by atoms with Crippen molar-refractivity contribution in [3.63, 3.8) is 0 Å². The Morgan fingerprint density at radius 1 is 1.12 bits per heavy atom. The predicted molar refractivity (Wildman–Crippen MR) is 189 cm³/mol. The van der Waals surface area contributed by atoms with Gasteiger partial charge in [0.2, 0.25) is 0 Å². The molecule has 1 aromatic carbocycles. The number of pyridine rings is 1. The number of hydrogen-bond acceptors (Lipinski definition) is 12. The van der Waals surface area contributed by atoms with E-state index in [0.29, 0.717) is 71.7 Å². The topological polar surface area (TPSA) is 153 Å². The Morgan fingerprint density at radius 2 is 1.96 bits per heavy atom. The Morgan fingerprint density at radius 3 is 2.76 bits per heavy atom. The highest BCUT2D eigenvalue weighted by molar-refractivity contribution is 6.05. The molecule has 2 N–H and O–H groups in total. The van der Waals surface area contributed by atoms with Crippen LogP contribution in [0.1, 0.15) is 37.2 Å². The molecule has 8 rings (SSSR count). The number of nitrogens with zero attached hydrogens (tertiary/aromatic N) is 8. The van der Waals surface area contributed by atoms with Crippen LogP contribution >= 0.6 is 0 Å². The van der Waals surface area contributed by atoms with Gasteiger partial charge in [0.05, 0.1) is 47.1 Å². The van der Waals surface area contributed by atoms with Gasteiger partial charge in [0, 0.05) is 69.5 Å². The number of ether oxygens (including phenoxy) is 3. The van der Waals surface area contributed by atoms with E-state index in [-0.39, 0.29) is 29.6 Å². The smallest absolute Gasteiger partial charge is 0.309 e. The molecule has 1 amide bonds. The van der Waals surface area contributed by atoms with Crippen LogP contribution in [0, 0.1) is 5.92 Å². The standard InChI is InChI=1S/C36H42N10O5/c1-22(2)44-20-24(21-44)51-36(48)23-5-11-43(12-6-23)13-8-39-35(47)33-26-18-40-27(25-19-41-45-10-4-7-38-34(25)45)15-29(26)46(42-33)30-17-31-28(16-32(30)49-3)37-9-14-50-31/h4,7,10,15-19,22-24,37H,5-6,8-9,11-14,20-21H2,1-3H3,(H,39,47). The number of likely N-dealkylation sites (tertiary alicyclic amines) is 2. The van der Waals surface area contributed by atoms with Crippen molar-refractivity contribution < 1.29 is 23.8 Å². The van der Waals surface area contributed by atoms with Gasteiger partial charge in [-0.3, -0.25) is 19.5 Å². The molecular weight excluding hydrogens is 652 g/mol. The highest BCUT2D eigenvalue weighted by atomic mass is 16.5. The first-order valence-corrected chi connectivity index (χ1v) is 17.6. The lowest BCUT2D eigenvalue weighted by Gasteiger charge is -2.42. The average Bonchev–Trinajstić information content (AvgIpc) is 3.74. The maximum absolute atomic E-state index is 13.8. The Bertz CT molecular complexity index is 2080. The molecule has 0 radical (unpaired) electrons. The van der Waals surface area contributed by atoms with Gasteiger partial charge >= 0.3 is 5.97 Å². The highest BCUT2D eigenvalue weighted by Gasteiger charge is 2.34. The lowest BCUT2D eigenvalue weighted by molar-refractivity contribution is -0.165. The van der Waals surface area contributed by atoms with Gasteiger partial charge in [-0.25, -0.2) is 14.2 Å². The summed E-state index contributed by atoms with van der Waals surface area (Å²) in [5.41, 5.74) is 4.40. The number of carbonyl (C=O) groups is 2. The van der Waals surface area contributed by atoms with Crippen molar-refractivity contribution >= 4 is 34.1 Å². The number of aromatic nitrogens is 6. The van der Waals surface area contributed by atoms with Crippen LogP contribution in [0.5, 0.6) is 11.5 Å². The molecule has 0 atom stereocenters. The summed E-state index contributed by atoms with van der Waals surface area (Å²) in [5, 5.41) is 16.3. The number of amides is 1. The number of anilines is 1. The Balaban J connectivity index is 0.994. The number of carbonyl (C=O) groups excluding carboxylic acids is 2. The van der Waals surface area contributed by atoms with Crippen molar-refractivity contribution in [3.05, 3.63) is 54.7 Å². The van der Waals surface area contributed by atoms with Crippen molar-refractivity contribution in [3.8, 4) is 28.4 Å². The van der Waals surface area contributed by atoms with Crippen molar-refractivity contribution in [2.24, 2.45) is 5.92 Å². The van der Waals surface area contributed by atoms with Crippen LogP contribution in [0.4, 0.5) is 5.69 Å². The third-order valence-corrected chi connectivity index (χ3v) is 10.0. The van der Waals surface area contributed by atoms with Crippen molar-refractivity contribution in [1.29, 1.82) is 0 Å². The maximum Gasteiger partial charge on any atom is 0.309 e. The van der Waals surface area contributed by atoms with E-state index < -0.39 is 0 Å². The fraction of sp³-hybridized carbons (Fsp3) is 0.444. The summed E-state index contributed by atoms with van der Waals surface area (Å²) in [5.74, 6) is 0.777. The largest absolute Gasteiger partial charge is 0.494 e. The minimum atomic E-state index is -0.310. The first-order chi connectivity index (χ1) is 24.9. The van der Waals surface area contributed by atoms with Gasteiger partial charge in [-0.2, -0.15) is 10.2 Å². The number of hydrogen-bond donors (Lipinski definition) is 2. The molecule has 0 spiro atoms. The number of rotatable bonds is 10. The third-order valence-electron chi connectivity index (χ3n) is 10.0. The number of fused-ring (bicyclic) bond motifs is 3. The van der Waals surface area contributed by atoms with Gasteiger partial charge in [-0.05, 0) is 51.9 Å². The molecule has 2 saturated heterocycles. The van der Waals surface area contributed by atoms with Gasteiger partial charge in [0.1, 0.15) is 29.9 Å². The fourth-order valence-corrected chi connectivity index (χ4v) is 7.03. The van der Waals surface area contributed by atoms with Gasteiger partial charge in [-0.1, -0.05) is 0 Å². The van der Waals surface area contributed by atoms with Crippen LogP contribution in [0.25, 0.3) is 33.5 Å².